The van der Waals surface area contributed by atoms with Crippen LogP contribution in [-0.4, -0.2) is 32.4 Å². The molecule has 0 saturated carbocycles. The van der Waals surface area contributed by atoms with Crippen molar-refractivity contribution in [1.82, 2.24) is 5.32 Å². The van der Waals surface area contributed by atoms with E-state index < -0.39 is 9.84 Å². The molecule has 0 aromatic carbocycles. The van der Waals surface area contributed by atoms with E-state index in [1.807, 2.05) is 6.07 Å². The molecule has 2 heterocycles. The van der Waals surface area contributed by atoms with E-state index in [1.54, 1.807) is 12.3 Å². The van der Waals surface area contributed by atoms with E-state index >= 15 is 0 Å². The third kappa shape index (κ3) is 3.87. The van der Waals surface area contributed by atoms with Gasteiger partial charge in [0, 0.05) is 19.4 Å². The maximum absolute atomic E-state index is 11.6. The molecule has 1 unspecified atom stereocenters. The minimum Gasteiger partial charge on any atom is -0.469 e. The van der Waals surface area contributed by atoms with E-state index in [0.29, 0.717) is 25.8 Å². The summed E-state index contributed by atoms with van der Waals surface area (Å²) in [5.74, 6) is 1.25. The standard InChI is InChI=1S/C12H17NO4S/c14-12(4-3-11-2-1-6-17-11)13-8-10-5-7-18(15,16)9-10/h1-2,6,10H,3-5,7-9H2,(H,13,14). The molecule has 1 saturated heterocycles. The highest BCUT2D eigenvalue weighted by molar-refractivity contribution is 7.91. The molecule has 5 nitrogen and oxygen atoms in total. The monoisotopic (exact) mass is 271 g/mol. The Balaban J connectivity index is 1.66. The van der Waals surface area contributed by atoms with E-state index in [4.69, 9.17) is 4.42 Å². The highest BCUT2D eigenvalue weighted by Crippen LogP contribution is 2.17. The topological polar surface area (TPSA) is 76.4 Å². The Labute approximate surface area is 106 Å². The van der Waals surface area contributed by atoms with Gasteiger partial charge in [-0.2, -0.15) is 0 Å². The maximum Gasteiger partial charge on any atom is 0.220 e. The fraction of sp³-hybridized carbons (Fsp3) is 0.583. The second-order valence-electron chi connectivity index (χ2n) is 4.65. The molecule has 6 heteroatoms. The van der Waals surface area contributed by atoms with Gasteiger partial charge in [0.25, 0.3) is 0 Å². The molecule has 100 valence electrons. The molecule has 1 aromatic rings. The van der Waals surface area contributed by atoms with Crippen LogP contribution in [0, 0.1) is 5.92 Å². The Kier molecular flexibility index (Phi) is 4.06. The third-order valence-electron chi connectivity index (χ3n) is 3.09. The number of furan rings is 1. The molecule has 0 spiro atoms. The third-order valence-corrected chi connectivity index (χ3v) is 4.93. The first-order valence-electron chi connectivity index (χ1n) is 6.05. The lowest BCUT2D eigenvalue weighted by Gasteiger charge is -2.09. The summed E-state index contributed by atoms with van der Waals surface area (Å²) in [5, 5.41) is 2.78. The predicted octanol–water partition coefficient (Wildman–Crippen LogP) is 0.763. The molecule has 0 bridgehead atoms. The summed E-state index contributed by atoms with van der Waals surface area (Å²) in [6, 6.07) is 3.62. The first kappa shape index (κ1) is 13.1. The van der Waals surface area contributed by atoms with Gasteiger partial charge in [0.2, 0.25) is 5.91 Å². The van der Waals surface area contributed by atoms with Crippen molar-refractivity contribution < 1.29 is 17.6 Å². The summed E-state index contributed by atoms with van der Waals surface area (Å²) in [4.78, 5) is 11.6. The highest BCUT2D eigenvalue weighted by Gasteiger charge is 2.27. The van der Waals surface area contributed by atoms with Crippen LogP contribution in [0.15, 0.2) is 22.8 Å². The van der Waals surface area contributed by atoms with E-state index in [1.165, 1.54) is 0 Å². The largest absolute Gasteiger partial charge is 0.469 e. The molecule has 1 fully saturated rings. The average molecular weight is 271 g/mol. The van der Waals surface area contributed by atoms with Gasteiger partial charge in [0.05, 0.1) is 17.8 Å². The Morgan fingerprint density at radius 2 is 2.33 bits per heavy atom. The van der Waals surface area contributed by atoms with Crippen LogP contribution in [0.4, 0.5) is 0 Å². The Morgan fingerprint density at radius 3 is 2.94 bits per heavy atom. The summed E-state index contributed by atoms with van der Waals surface area (Å²) in [5.41, 5.74) is 0. The minimum atomic E-state index is -2.86. The molecule has 1 aromatic heterocycles. The van der Waals surface area contributed by atoms with Crippen molar-refractivity contribution in [3.05, 3.63) is 24.2 Å². The van der Waals surface area contributed by atoms with Crippen molar-refractivity contribution in [2.45, 2.75) is 19.3 Å². The van der Waals surface area contributed by atoms with Gasteiger partial charge < -0.3 is 9.73 Å². The van der Waals surface area contributed by atoms with Crippen molar-refractivity contribution in [3.63, 3.8) is 0 Å². The van der Waals surface area contributed by atoms with Crippen LogP contribution < -0.4 is 5.32 Å². The Bertz CT molecular complexity index is 492. The first-order valence-corrected chi connectivity index (χ1v) is 7.87. The summed E-state index contributed by atoms with van der Waals surface area (Å²) in [6.07, 6.45) is 3.17. The molecule has 2 rings (SSSR count). The van der Waals surface area contributed by atoms with Crippen molar-refractivity contribution >= 4 is 15.7 Å². The second kappa shape index (κ2) is 5.56. The van der Waals surface area contributed by atoms with Gasteiger partial charge in [0.1, 0.15) is 5.76 Å². The van der Waals surface area contributed by atoms with E-state index in [9.17, 15) is 13.2 Å². The number of rotatable bonds is 5. The van der Waals surface area contributed by atoms with Gasteiger partial charge in [-0.05, 0) is 24.5 Å². The van der Waals surface area contributed by atoms with Crippen LogP contribution >= 0.6 is 0 Å². The van der Waals surface area contributed by atoms with Gasteiger partial charge in [0.15, 0.2) is 9.84 Å². The second-order valence-corrected chi connectivity index (χ2v) is 6.88. The van der Waals surface area contributed by atoms with Crippen molar-refractivity contribution in [3.8, 4) is 0 Å². The number of nitrogens with one attached hydrogen (secondary N) is 1. The van der Waals surface area contributed by atoms with Crippen molar-refractivity contribution in [2.75, 3.05) is 18.1 Å². The van der Waals surface area contributed by atoms with Gasteiger partial charge in [-0.3, -0.25) is 4.79 Å². The van der Waals surface area contributed by atoms with Crippen LogP contribution in [0.25, 0.3) is 0 Å². The summed E-state index contributed by atoms with van der Waals surface area (Å²) in [6.45, 7) is 0.455. The molecular formula is C12H17NO4S. The molecule has 1 amide bonds. The minimum absolute atomic E-state index is 0.0595. The first-order chi connectivity index (χ1) is 8.55. The zero-order valence-corrected chi connectivity index (χ0v) is 10.9. The lowest BCUT2D eigenvalue weighted by molar-refractivity contribution is -0.121. The van der Waals surface area contributed by atoms with Crippen LogP contribution in [0.2, 0.25) is 0 Å². The van der Waals surface area contributed by atoms with Gasteiger partial charge >= 0.3 is 0 Å². The number of sulfone groups is 1. The zero-order valence-electron chi connectivity index (χ0n) is 10.1. The summed E-state index contributed by atoms with van der Waals surface area (Å²) >= 11 is 0. The highest BCUT2D eigenvalue weighted by atomic mass is 32.2. The van der Waals surface area contributed by atoms with Crippen molar-refractivity contribution in [1.29, 1.82) is 0 Å². The number of hydrogen-bond acceptors (Lipinski definition) is 4. The van der Waals surface area contributed by atoms with E-state index in [-0.39, 0.29) is 23.3 Å². The molecule has 18 heavy (non-hydrogen) atoms. The van der Waals surface area contributed by atoms with E-state index in [0.717, 1.165) is 5.76 Å². The molecule has 0 aliphatic carbocycles. The normalized spacial score (nSPS) is 21.9. The van der Waals surface area contributed by atoms with Crippen molar-refractivity contribution in [2.24, 2.45) is 5.92 Å². The van der Waals surface area contributed by atoms with Crippen LogP contribution in [-0.2, 0) is 21.1 Å². The lowest BCUT2D eigenvalue weighted by Crippen LogP contribution is -2.29. The Morgan fingerprint density at radius 1 is 1.50 bits per heavy atom. The van der Waals surface area contributed by atoms with Crippen LogP contribution in [0.1, 0.15) is 18.6 Å². The number of carbonyl (C=O) groups is 1. The predicted molar refractivity (Wildman–Crippen MR) is 66.8 cm³/mol. The molecule has 1 N–H and O–H groups in total. The van der Waals surface area contributed by atoms with E-state index in [2.05, 4.69) is 5.32 Å². The fourth-order valence-electron chi connectivity index (χ4n) is 2.07. The van der Waals surface area contributed by atoms with Crippen LogP contribution in [0.5, 0.6) is 0 Å². The number of amides is 1. The molecule has 1 atom stereocenters. The average Bonchev–Trinajstić information content (AvgIpc) is 2.93. The summed E-state index contributed by atoms with van der Waals surface area (Å²) < 4.78 is 27.6. The van der Waals surface area contributed by atoms with Gasteiger partial charge in [-0.15, -0.1) is 0 Å². The summed E-state index contributed by atoms with van der Waals surface area (Å²) in [7, 11) is -2.86. The SMILES string of the molecule is O=C(CCc1ccco1)NCC1CCS(=O)(=O)C1. The molecule has 0 radical (unpaired) electrons. The fourth-order valence-corrected chi connectivity index (χ4v) is 3.93. The lowest BCUT2D eigenvalue weighted by atomic mass is 10.1. The Hall–Kier alpha value is -1.30. The quantitative estimate of drug-likeness (QED) is 0.858. The maximum atomic E-state index is 11.6. The number of hydrogen-bond donors (Lipinski definition) is 1. The van der Waals surface area contributed by atoms with Gasteiger partial charge in [-0.1, -0.05) is 0 Å². The molecular weight excluding hydrogens is 254 g/mol. The molecule has 1 aliphatic heterocycles. The zero-order chi connectivity index (χ0) is 13.0. The number of carbonyl (C=O) groups excluding carboxylic acids is 1. The molecule has 1 aliphatic rings. The van der Waals surface area contributed by atoms with Gasteiger partial charge in [-0.25, -0.2) is 8.42 Å². The number of aryl methyl sites for hydroxylation is 1. The van der Waals surface area contributed by atoms with Crippen LogP contribution in [0.3, 0.4) is 0 Å². The smallest absolute Gasteiger partial charge is 0.220 e.